The van der Waals surface area contributed by atoms with Crippen molar-refractivity contribution in [1.82, 2.24) is 10.2 Å². The van der Waals surface area contributed by atoms with E-state index in [1.54, 1.807) is 18.2 Å². The van der Waals surface area contributed by atoms with Crippen LogP contribution in [0.4, 0.5) is 13.2 Å². The normalized spacial score (nSPS) is 15.4. The van der Waals surface area contributed by atoms with Gasteiger partial charge in [-0.15, -0.1) is 0 Å². The quantitative estimate of drug-likeness (QED) is 0.811. The van der Waals surface area contributed by atoms with Gasteiger partial charge < -0.3 is 19.7 Å². The molecule has 2 amide bonds. The van der Waals surface area contributed by atoms with Gasteiger partial charge in [-0.05, 0) is 36.5 Å². The molecule has 1 saturated heterocycles. The number of piperidine rings is 1. The summed E-state index contributed by atoms with van der Waals surface area (Å²) in [6.07, 6.45) is -3.82. The summed E-state index contributed by atoms with van der Waals surface area (Å²) in [5.74, 6) is -0.822. The average molecular weight is 388 g/mol. The van der Waals surface area contributed by atoms with Crippen molar-refractivity contribution in [1.29, 1.82) is 0 Å². The average Bonchev–Trinajstić information content (AvgIpc) is 2.65. The second-order valence-electron chi connectivity index (χ2n) is 6.40. The van der Waals surface area contributed by atoms with E-state index < -0.39 is 12.1 Å². The lowest BCUT2D eigenvalue weighted by atomic mass is 9.96. The Labute approximate surface area is 155 Å². The van der Waals surface area contributed by atoms with Crippen molar-refractivity contribution in [2.24, 2.45) is 5.92 Å². The largest absolute Gasteiger partial charge is 0.493 e. The zero-order chi connectivity index (χ0) is 20.0. The van der Waals surface area contributed by atoms with E-state index in [-0.39, 0.29) is 31.3 Å². The van der Waals surface area contributed by atoms with Crippen molar-refractivity contribution in [2.75, 3.05) is 33.9 Å². The van der Waals surface area contributed by atoms with Gasteiger partial charge in [-0.1, -0.05) is 6.07 Å². The number of rotatable bonds is 6. The first-order chi connectivity index (χ1) is 12.7. The summed E-state index contributed by atoms with van der Waals surface area (Å²) < 4.78 is 47.6. The Balaban J connectivity index is 1.78. The molecule has 1 aromatic carbocycles. The highest BCUT2D eigenvalue weighted by atomic mass is 19.4. The highest BCUT2D eigenvalue weighted by Crippen LogP contribution is 2.28. The number of carbonyl (C=O) groups excluding carboxylic acids is 2. The van der Waals surface area contributed by atoms with Gasteiger partial charge in [0.1, 0.15) is 0 Å². The number of nitrogens with zero attached hydrogens (tertiary/aromatic N) is 1. The molecule has 1 aliphatic heterocycles. The molecular weight excluding hydrogens is 365 g/mol. The zero-order valence-corrected chi connectivity index (χ0v) is 15.3. The maximum absolute atomic E-state index is 12.4. The van der Waals surface area contributed by atoms with Crippen LogP contribution in [0.15, 0.2) is 18.2 Å². The molecule has 27 heavy (non-hydrogen) atoms. The first-order valence-electron chi connectivity index (χ1n) is 8.58. The molecule has 0 aliphatic carbocycles. The molecule has 0 saturated carbocycles. The van der Waals surface area contributed by atoms with Crippen LogP contribution in [0, 0.1) is 5.92 Å². The molecule has 0 spiro atoms. The number of hydrogen-bond acceptors (Lipinski definition) is 4. The lowest BCUT2D eigenvalue weighted by Gasteiger charge is -2.32. The smallest absolute Gasteiger partial charge is 0.471 e. The third kappa shape index (κ3) is 5.77. The van der Waals surface area contributed by atoms with E-state index in [1.807, 2.05) is 0 Å². The number of amides is 2. The van der Waals surface area contributed by atoms with E-state index in [0.29, 0.717) is 30.9 Å². The van der Waals surface area contributed by atoms with Crippen molar-refractivity contribution < 1.29 is 32.2 Å². The second-order valence-corrected chi connectivity index (χ2v) is 6.40. The van der Waals surface area contributed by atoms with Crippen molar-refractivity contribution in [2.45, 2.75) is 25.4 Å². The van der Waals surface area contributed by atoms with Gasteiger partial charge >= 0.3 is 12.1 Å². The van der Waals surface area contributed by atoms with E-state index >= 15 is 0 Å². The molecule has 0 unspecified atom stereocenters. The Morgan fingerprint density at radius 2 is 1.78 bits per heavy atom. The number of carbonyl (C=O) groups is 2. The summed E-state index contributed by atoms with van der Waals surface area (Å²) in [5, 5.41) is 2.80. The summed E-state index contributed by atoms with van der Waals surface area (Å²) in [6, 6.07) is 5.21. The lowest BCUT2D eigenvalue weighted by Crippen LogP contribution is -2.46. The van der Waals surface area contributed by atoms with Gasteiger partial charge in [0.2, 0.25) is 5.91 Å². The number of benzene rings is 1. The summed E-state index contributed by atoms with van der Waals surface area (Å²) in [6.45, 7) is 0.475. The van der Waals surface area contributed by atoms with Crippen molar-refractivity contribution in [3.8, 4) is 11.5 Å². The van der Waals surface area contributed by atoms with Crippen LogP contribution >= 0.6 is 0 Å². The third-order valence-electron chi connectivity index (χ3n) is 4.54. The molecule has 2 rings (SSSR count). The molecule has 9 heteroatoms. The summed E-state index contributed by atoms with van der Waals surface area (Å²) >= 11 is 0. The zero-order valence-electron chi connectivity index (χ0n) is 15.3. The van der Waals surface area contributed by atoms with E-state index in [0.717, 1.165) is 10.5 Å². The SMILES string of the molecule is COc1ccc(CC(=O)NCC2CCN(C(=O)C(F)(F)F)CC2)cc1OC. The third-order valence-corrected chi connectivity index (χ3v) is 4.54. The van der Waals surface area contributed by atoms with Crippen LogP contribution in [0.2, 0.25) is 0 Å². The topological polar surface area (TPSA) is 67.9 Å². The fraction of sp³-hybridized carbons (Fsp3) is 0.556. The van der Waals surface area contributed by atoms with Crippen molar-refractivity contribution in [3.63, 3.8) is 0 Å². The van der Waals surface area contributed by atoms with E-state index in [2.05, 4.69) is 5.32 Å². The maximum atomic E-state index is 12.4. The van der Waals surface area contributed by atoms with Gasteiger partial charge in [-0.25, -0.2) is 0 Å². The number of halogens is 3. The molecular formula is C18H23F3N2O4. The number of ether oxygens (including phenoxy) is 2. The van der Waals surface area contributed by atoms with Crippen LogP contribution < -0.4 is 14.8 Å². The highest BCUT2D eigenvalue weighted by Gasteiger charge is 2.43. The first kappa shape index (κ1) is 20.9. The molecule has 1 aromatic rings. The first-order valence-corrected chi connectivity index (χ1v) is 8.58. The minimum atomic E-state index is -4.83. The Hall–Kier alpha value is -2.45. The second kappa shape index (κ2) is 8.96. The van der Waals surface area contributed by atoms with Crippen LogP contribution in [0.25, 0.3) is 0 Å². The summed E-state index contributed by atoms with van der Waals surface area (Å²) in [5.41, 5.74) is 0.760. The van der Waals surface area contributed by atoms with Gasteiger partial charge in [-0.2, -0.15) is 13.2 Å². The van der Waals surface area contributed by atoms with E-state index in [1.165, 1.54) is 14.2 Å². The van der Waals surface area contributed by atoms with Crippen LogP contribution in [0.3, 0.4) is 0 Å². The predicted molar refractivity (Wildman–Crippen MR) is 91.6 cm³/mol. The Kier molecular flexibility index (Phi) is 6.92. The minimum Gasteiger partial charge on any atom is -0.493 e. The summed E-state index contributed by atoms with van der Waals surface area (Å²) in [4.78, 5) is 24.1. The van der Waals surface area contributed by atoms with Crippen LogP contribution in [0.5, 0.6) is 11.5 Å². The predicted octanol–water partition coefficient (Wildman–Crippen LogP) is 2.16. The van der Waals surface area contributed by atoms with Crippen LogP contribution in [-0.2, 0) is 16.0 Å². The fourth-order valence-corrected chi connectivity index (χ4v) is 3.02. The van der Waals surface area contributed by atoms with Gasteiger partial charge in [0, 0.05) is 19.6 Å². The molecule has 1 N–H and O–H groups in total. The van der Waals surface area contributed by atoms with Crippen molar-refractivity contribution in [3.05, 3.63) is 23.8 Å². The van der Waals surface area contributed by atoms with Gasteiger partial charge in [-0.3, -0.25) is 9.59 Å². The number of nitrogens with one attached hydrogen (secondary N) is 1. The molecule has 0 atom stereocenters. The number of alkyl halides is 3. The van der Waals surface area contributed by atoms with Gasteiger partial charge in [0.15, 0.2) is 11.5 Å². The molecule has 150 valence electrons. The number of likely N-dealkylation sites (tertiary alicyclic amines) is 1. The van der Waals surface area contributed by atoms with E-state index in [9.17, 15) is 22.8 Å². The Bertz CT molecular complexity index is 671. The highest BCUT2D eigenvalue weighted by molar-refractivity contribution is 5.82. The molecule has 6 nitrogen and oxygen atoms in total. The monoisotopic (exact) mass is 388 g/mol. The Morgan fingerprint density at radius 1 is 1.15 bits per heavy atom. The molecule has 1 aliphatic rings. The molecule has 0 aromatic heterocycles. The van der Waals surface area contributed by atoms with Crippen molar-refractivity contribution >= 4 is 11.8 Å². The van der Waals surface area contributed by atoms with Gasteiger partial charge in [0.05, 0.1) is 20.6 Å². The minimum absolute atomic E-state index is 0.0502. The Morgan fingerprint density at radius 3 is 2.33 bits per heavy atom. The van der Waals surface area contributed by atoms with Gasteiger partial charge in [0.25, 0.3) is 0 Å². The lowest BCUT2D eigenvalue weighted by molar-refractivity contribution is -0.186. The fourth-order valence-electron chi connectivity index (χ4n) is 3.02. The molecule has 1 heterocycles. The van der Waals surface area contributed by atoms with Crippen LogP contribution in [-0.4, -0.2) is 56.7 Å². The standard InChI is InChI=1S/C18H23F3N2O4/c1-26-14-4-3-13(9-15(14)27-2)10-16(24)22-11-12-5-7-23(8-6-12)17(25)18(19,20)21/h3-4,9,12H,5-8,10-11H2,1-2H3,(H,22,24). The molecule has 0 bridgehead atoms. The molecule has 1 fully saturated rings. The summed E-state index contributed by atoms with van der Waals surface area (Å²) in [7, 11) is 3.04. The van der Waals surface area contributed by atoms with Crippen LogP contribution in [0.1, 0.15) is 18.4 Å². The maximum Gasteiger partial charge on any atom is 0.471 e. The van der Waals surface area contributed by atoms with E-state index in [4.69, 9.17) is 9.47 Å². The number of methoxy groups -OCH3 is 2. The molecule has 0 radical (unpaired) electrons. The number of hydrogen-bond donors (Lipinski definition) is 1.